The summed E-state index contributed by atoms with van der Waals surface area (Å²) in [4.78, 5) is 11.8. The van der Waals surface area contributed by atoms with Gasteiger partial charge in [0.2, 0.25) is 0 Å². The molecule has 1 unspecified atom stereocenters. The molecule has 0 aliphatic carbocycles. The van der Waals surface area contributed by atoms with Gasteiger partial charge in [-0.25, -0.2) is 0 Å². The first kappa shape index (κ1) is 12.6. The summed E-state index contributed by atoms with van der Waals surface area (Å²) in [5.74, 6) is 0.740. The number of nitrogens with one attached hydrogen (secondary N) is 2. The fraction of sp³-hybridized carbons (Fsp3) is 0.462. The summed E-state index contributed by atoms with van der Waals surface area (Å²) < 4.78 is 0.992. The van der Waals surface area contributed by atoms with Gasteiger partial charge in [0.25, 0.3) is 5.91 Å². The van der Waals surface area contributed by atoms with E-state index in [1.807, 2.05) is 24.3 Å². The van der Waals surface area contributed by atoms with Gasteiger partial charge in [-0.1, -0.05) is 15.9 Å². The number of hydrogen-bond acceptors (Lipinski definition) is 2. The van der Waals surface area contributed by atoms with Crippen molar-refractivity contribution in [3.8, 4) is 0 Å². The molecule has 1 fully saturated rings. The number of carbonyl (C=O) groups is 1. The zero-order valence-corrected chi connectivity index (χ0v) is 11.3. The molecule has 1 aromatic carbocycles. The molecule has 1 heterocycles. The van der Waals surface area contributed by atoms with Crippen LogP contribution < -0.4 is 10.6 Å². The highest BCUT2D eigenvalue weighted by Gasteiger charge is 2.14. The highest BCUT2D eigenvalue weighted by Crippen LogP contribution is 2.12. The zero-order valence-electron chi connectivity index (χ0n) is 9.71. The van der Waals surface area contributed by atoms with Crippen molar-refractivity contribution in [2.24, 2.45) is 5.92 Å². The van der Waals surface area contributed by atoms with Crippen molar-refractivity contribution >= 4 is 21.8 Å². The monoisotopic (exact) mass is 296 g/mol. The van der Waals surface area contributed by atoms with E-state index in [2.05, 4.69) is 26.6 Å². The molecule has 2 N–H and O–H groups in total. The quantitative estimate of drug-likeness (QED) is 0.894. The summed E-state index contributed by atoms with van der Waals surface area (Å²) >= 11 is 3.35. The Hall–Kier alpha value is -0.870. The van der Waals surface area contributed by atoms with Crippen molar-refractivity contribution in [1.29, 1.82) is 0 Å². The fourth-order valence-electron chi connectivity index (χ4n) is 2.05. The lowest BCUT2D eigenvalue weighted by Crippen LogP contribution is -2.26. The molecule has 1 saturated heterocycles. The second-order valence-electron chi connectivity index (χ2n) is 4.41. The molecule has 1 aromatic rings. The molecule has 1 aliphatic rings. The van der Waals surface area contributed by atoms with E-state index in [1.165, 1.54) is 6.42 Å². The number of carbonyl (C=O) groups excluding carboxylic acids is 1. The van der Waals surface area contributed by atoms with Gasteiger partial charge in [-0.2, -0.15) is 0 Å². The first-order valence-electron chi connectivity index (χ1n) is 6.00. The molecule has 92 valence electrons. The Morgan fingerprint density at radius 1 is 1.41 bits per heavy atom. The Kier molecular flexibility index (Phi) is 4.57. The Morgan fingerprint density at radius 2 is 2.18 bits per heavy atom. The van der Waals surface area contributed by atoms with Gasteiger partial charge in [-0.15, -0.1) is 0 Å². The topological polar surface area (TPSA) is 41.1 Å². The third-order valence-corrected chi connectivity index (χ3v) is 3.64. The molecule has 1 amide bonds. The van der Waals surface area contributed by atoms with E-state index in [0.717, 1.165) is 42.0 Å². The van der Waals surface area contributed by atoms with Crippen molar-refractivity contribution in [2.45, 2.75) is 12.8 Å². The first-order valence-corrected chi connectivity index (χ1v) is 6.79. The summed E-state index contributed by atoms with van der Waals surface area (Å²) in [6.07, 6.45) is 2.30. The second-order valence-corrected chi connectivity index (χ2v) is 5.33. The van der Waals surface area contributed by atoms with Gasteiger partial charge >= 0.3 is 0 Å². The van der Waals surface area contributed by atoms with Crippen LogP contribution in [0, 0.1) is 5.92 Å². The minimum atomic E-state index is 0.0171. The lowest BCUT2D eigenvalue weighted by molar-refractivity contribution is 0.0951. The molecule has 0 radical (unpaired) electrons. The van der Waals surface area contributed by atoms with Crippen LogP contribution in [-0.4, -0.2) is 25.5 Å². The minimum Gasteiger partial charge on any atom is -0.352 e. The standard InChI is InChI=1S/C13H17BrN2O/c14-12-3-1-11(2-4-12)13(17)16-8-6-10-5-7-15-9-10/h1-4,10,15H,5-9H2,(H,16,17). The van der Waals surface area contributed by atoms with Gasteiger partial charge < -0.3 is 10.6 Å². The van der Waals surface area contributed by atoms with Crippen LogP contribution in [0.2, 0.25) is 0 Å². The molecule has 3 nitrogen and oxygen atoms in total. The highest BCUT2D eigenvalue weighted by molar-refractivity contribution is 9.10. The van der Waals surface area contributed by atoms with Gasteiger partial charge in [0, 0.05) is 16.6 Å². The van der Waals surface area contributed by atoms with Gasteiger partial charge in [0.05, 0.1) is 0 Å². The predicted octanol–water partition coefficient (Wildman–Crippen LogP) is 2.18. The van der Waals surface area contributed by atoms with Crippen molar-refractivity contribution in [3.05, 3.63) is 34.3 Å². The third-order valence-electron chi connectivity index (χ3n) is 3.11. The summed E-state index contributed by atoms with van der Waals surface area (Å²) in [6.45, 7) is 2.97. The molecular formula is C13H17BrN2O. The lowest BCUT2D eigenvalue weighted by atomic mass is 10.1. The highest BCUT2D eigenvalue weighted by atomic mass is 79.9. The van der Waals surface area contributed by atoms with Crippen LogP contribution in [0.3, 0.4) is 0 Å². The molecule has 0 aromatic heterocycles. The van der Waals surface area contributed by atoms with E-state index in [1.54, 1.807) is 0 Å². The number of benzene rings is 1. The summed E-state index contributed by atoms with van der Waals surface area (Å²) in [5, 5.41) is 6.29. The molecule has 0 bridgehead atoms. The minimum absolute atomic E-state index is 0.0171. The summed E-state index contributed by atoms with van der Waals surface area (Å²) in [7, 11) is 0. The van der Waals surface area contributed by atoms with Crippen LogP contribution in [0.5, 0.6) is 0 Å². The molecule has 2 rings (SSSR count). The number of halogens is 1. The molecule has 0 spiro atoms. The van der Waals surface area contributed by atoms with Crippen LogP contribution in [0.4, 0.5) is 0 Å². The van der Waals surface area contributed by atoms with E-state index < -0.39 is 0 Å². The molecule has 0 saturated carbocycles. The molecule has 4 heteroatoms. The third kappa shape index (κ3) is 3.82. The van der Waals surface area contributed by atoms with Gasteiger partial charge in [-0.05, 0) is 56.1 Å². The maximum Gasteiger partial charge on any atom is 0.251 e. The van der Waals surface area contributed by atoms with Crippen LogP contribution in [0.1, 0.15) is 23.2 Å². The van der Waals surface area contributed by atoms with Gasteiger partial charge in [-0.3, -0.25) is 4.79 Å². The number of rotatable bonds is 4. The van der Waals surface area contributed by atoms with Crippen molar-refractivity contribution < 1.29 is 4.79 Å². The predicted molar refractivity (Wildman–Crippen MR) is 72.1 cm³/mol. The van der Waals surface area contributed by atoms with Crippen molar-refractivity contribution in [3.63, 3.8) is 0 Å². The largest absolute Gasteiger partial charge is 0.352 e. The van der Waals surface area contributed by atoms with Crippen molar-refractivity contribution in [2.75, 3.05) is 19.6 Å². The van der Waals surface area contributed by atoms with E-state index in [-0.39, 0.29) is 5.91 Å². The second kappa shape index (κ2) is 6.17. The van der Waals surface area contributed by atoms with Crippen molar-refractivity contribution in [1.82, 2.24) is 10.6 Å². The maximum absolute atomic E-state index is 11.8. The molecular weight excluding hydrogens is 280 g/mol. The summed E-state index contributed by atoms with van der Waals surface area (Å²) in [5.41, 5.74) is 0.720. The zero-order chi connectivity index (χ0) is 12.1. The van der Waals surface area contributed by atoms with Crippen LogP contribution >= 0.6 is 15.9 Å². The lowest BCUT2D eigenvalue weighted by Gasteiger charge is -2.09. The maximum atomic E-state index is 11.8. The summed E-state index contributed by atoms with van der Waals surface area (Å²) in [6, 6.07) is 7.43. The normalized spacial score (nSPS) is 19.2. The SMILES string of the molecule is O=C(NCCC1CCNC1)c1ccc(Br)cc1. The van der Waals surface area contributed by atoms with E-state index in [0.29, 0.717) is 0 Å². The smallest absolute Gasteiger partial charge is 0.251 e. The molecule has 1 aliphatic heterocycles. The van der Waals surface area contributed by atoms with E-state index in [4.69, 9.17) is 0 Å². The van der Waals surface area contributed by atoms with Crippen LogP contribution in [0.25, 0.3) is 0 Å². The first-order chi connectivity index (χ1) is 8.25. The Bertz CT molecular complexity index is 372. The fourth-order valence-corrected chi connectivity index (χ4v) is 2.32. The van der Waals surface area contributed by atoms with Gasteiger partial charge in [0.1, 0.15) is 0 Å². The van der Waals surface area contributed by atoms with E-state index in [9.17, 15) is 4.79 Å². The molecule has 17 heavy (non-hydrogen) atoms. The molecule has 1 atom stereocenters. The number of hydrogen-bond donors (Lipinski definition) is 2. The Labute approximate surface area is 110 Å². The van der Waals surface area contributed by atoms with E-state index >= 15 is 0 Å². The Morgan fingerprint density at radius 3 is 2.82 bits per heavy atom. The van der Waals surface area contributed by atoms with Crippen LogP contribution in [-0.2, 0) is 0 Å². The average molecular weight is 297 g/mol. The Balaban J connectivity index is 1.75. The number of amides is 1. The van der Waals surface area contributed by atoms with Crippen LogP contribution in [0.15, 0.2) is 28.7 Å². The average Bonchev–Trinajstić information content (AvgIpc) is 2.83. The van der Waals surface area contributed by atoms with Gasteiger partial charge in [0.15, 0.2) is 0 Å².